The summed E-state index contributed by atoms with van der Waals surface area (Å²) in [6.45, 7) is 7.78. The van der Waals surface area contributed by atoms with Gasteiger partial charge < -0.3 is 31.7 Å². The van der Waals surface area contributed by atoms with E-state index in [2.05, 4.69) is 13.5 Å². The first-order valence-corrected chi connectivity index (χ1v) is 11.5. The summed E-state index contributed by atoms with van der Waals surface area (Å²) in [6, 6.07) is 0. The van der Waals surface area contributed by atoms with Crippen molar-refractivity contribution in [3.05, 3.63) is 12.2 Å². The number of Topliss-reactive ketones (excluding diaryl/α,β-unsaturated/α-hetero) is 1. The number of ether oxygens (including phenoxy) is 1. The molecule has 9 heteroatoms. The van der Waals surface area contributed by atoms with Crippen molar-refractivity contribution >= 4 is 11.8 Å². The van der Waals surface area contributed by atoms with Crippen molar-refractivity contribution in [2.45, 2.75) is 123 Å². The number of carboxylic acid groups (broad SMARTS) is 1. The molecule has 1 unspecified atom stereocenters. The van der Waals surface area contributed by atoms with Gasteiger partial charge in [-0.25, -0.2) is 4.79 Å². The van der Waals surface area contributed by atoms with Crippen LogP contribution in [-0.2, 0) is 36.0 Å². The van der Waals surface area contributed by atoms with Crippen LogP contribution in [0.3, 0.4) is 0 Å². The van der Waals surface area contributed by atoms with Gasteiger partial charge >= 0.3 is 5.97 Å². The molecule has 9 N–H and O–H groups in total. The molecule has 0 aliphatic carbocycles. The zero-order chi connectivity index (χ0) is 21.0. The van der Waals surface area contributed by atoms with Crippen molar-refractivity contribution in [3.63, 3.8) is 0 Å². The van der Waals surface area contributed by atoms with Gasteiger partial charge in [-0.3, -0.25) is 4.79 Å². The maximum absolute atomic E-state index is 12.0. The number of ketones is 1. The van der Waals surface area contributed by atoms with Gasteiger partial charge in [0.05, 0.1) is 6.61 Å². The fraction of sp³-hybridized carbons (Fsp3) is 0.833. The van der Waals surface area contributed by atoms with Crippen LogP contribution >= 0.6 is 0 Å². The summed E-state index contributed by atoms with van der Waals surface area (Å²) in [6.07, 6.45) is 18.0. The molecule has 0 aromatic rings. The van der Waals surface area contributed by atoms with Gasteiger partial charge in [-0.1, -0.05) is 109 Å². The molecule has 200 valence electrons. The second-order valence-electron chi connectivity index (χ2n) is 8.15. The summed E-state index contributed by atoms with van der Waals surface area (Å²) >= 11 is 0. The molecule has 0 rings (SSSR count). The van der Waals surface area contributed by atoms with Crippen LogP contribution in [-0.4, -0.2) is 51.5 Å². The molecular formula is C24H52O8Ti. The molecule has 0 aromatic carbocycles. The SMILES string of the molecule is C=C(C)COC(C(=O)O)C(=O)CCCCCCCCCCCCCCCCC.O.O.O.O.[Ti]. The predicted octanol–water partition coefficient (Wildman–Crippen LogP) is 3.56. The van der Waals surface area contributed by atoms with Crippen molar-refractivity contribution in [2.75, 3.05) is 6.61 Å². The summed E-state index contributed by atoms with van der Waals surface area (Å²) in [5, 5.41) is 9.11. The summed E-state index contributed by atoms with van der Waals surface area (Å²) in [4.78, 5) is 23.1. The monoisotopic (exact) mass is 516 g/mol. The van der Waals surface area contributed by atoms with E-state index in [4.69, 9.17) is 9.84 Å². The van der Waals surface area contributed by atoms with Gasteiger partial charge in [0.15, 0.2) is 5.78 Å². The minimum atomic E-state index is -1.34. The van der Waals surface area contributed by atoms with Crippen molar-refractivity contribution in [1.82, 2.24) is 0 Å². The number of hydrogen-bond acceptors (Lipinski definition) is 3. The Morgan fingerprint density at radius 2 is 1.06 bits per heavy atom. The van der Waals surface area contributed by atoms with Crippen LogP contribution in [0.15, 0.2) is 12.2 Å². The second-order valence-corrected chi connectivity index (χ2v) is 8.15. The first-order chi connectivity index (χ1) is 13.5. The Labute approximate surface area is 216 Å². The van der Waals surface area contributed by atoms with E-state index in [9.17, 15) is 9.59 Å². The molecule has 0 saturated heterocycles. The molecule has 1 atom stereocenters. The Balaban J connectivity index is -0.000000364. The summed E-state index contributed by atoms with van der Waals surface area (Å²) in [5.41, 5.74) is 0.714. The maximum Gasteiger partial charge on any atom is 0.340 e. The van der Waals surface area contributed by atoms with E-state index < -0.39 is 12.1 Å². The largest absolute Gasteiger partial charge is 0.479 e. The Bertz CT molecular complexity index is 433. The van der Waals surface area contributed by atoms with Crippen LogP contribution in [0.5, 0.6) is 0 Å². The van der Waals surface area contributed by atoms with Gasteiger partial charge in [-0.15, -0.1) is 0 Å². The fourth-order valence-electron chi connectivity index (χ4n) is 3.33. The van der Waals surface area contributed by atoms with E-state index in [1.54, 1.807) is 6.92 Å². The molecule has 0 aliphatic heterocycles. The van der Waals surface area contributed by atoms with E-state index in [1.807, 2.05) is 0 Å². The van der Waals surface area contributed by atoms with Gasteiger partial charge in [-0.2, -0.15) is 0 Å². The van der Waals surface area contributed by atoms with E-state index >= 15 is 0 Å². The van der Waals surface area contributed by atoms with Crippen LogP contribution in [0.4, 0.5) is 0 Å². The molecular weight excluding hydrogens is 464 g/mol. The van der Waals surface area contributed by atoms with Gasteiger partial charge in [-0.05, 0) is 13.3 Å². The van der Waals surface area contributed by atoms with Crippen molar-refractivity contribution in [1.29, 1.82) is 0 Å². The summed E-state index contributed by atoms with van der Waals surface area (Å²) in [7, 11) is 0. The second kappa shape index (κ2) is 33.6. The molecule has 0 aromatic heterocycles. The molecule has 0 fully saturated rings. The average molecular weight is 517 g/mol. The van der Waals surface area contributed by atoms with Crippen LogP contribution < -0.4 is 0 Å². The summed E-state index contributed by atoms with van der Waals surface area (Å²) in [5.74, 6) is -1.53. The van der Waals surface area contributed by atoms with E-state index in [0.29, 0.717) is 5.57 Å². The predicted molar refractivity (Wildman–Crippen MR) is 131 cm³/mol. The maximum atomic E-state index is 12.0. The van der Waals surface area contributed by atoms with Crippen LogP contribution in [0.1, 0.15) is 117 Å². The van der Waals surface area contributed by atoms with Crippen molar-refractivity contribution in [3.8, 4) is 0 Å². The number of carboxylic acids is 1. The molecule has 0 heterocycles. The molecule has 0 radical (unpaired) electrons. The van der Waals surface area contributed by atoms with Gasteiger partial charge in [0.1, 0.15) is 0 Å². The third kappa shape index (κ3) is 31.4. The minimum absolute atomic E-state index is 0. The standard InChI is InChI=1S/C24H44O4.4H2O.Ti/c1-4-5-6-7-8-9-10-11-12-13-14-15-16-17-18-19-22(25)23(24(26)27)28-20-21(2)3;;;;;/h23H,2,4-20H2,1,3H3,(H,26,27);4*1H2;. The number of rotatable bonds is 21. The van der Waals surface area contributed by atoms with Gasteiger partial charge in [0.25, 0.3) is 0 Å². The van der Waals surface area contributed by atoms with E-state index in [1.165, 1.54) is 77.0 Å². The Morgan fingerprint density at radius 3 is 1.36 bits per heavy atom. The normalized spacial score (nSPS) is 10.2. The fourth-order valence-corrected chi connectivity index (χ4v) is 3.33. The van der Waals surface area contributed by atoms with Crippen LogP contribution in [0.25, 0.3) is 0 Å². The number of carbonyl (C=O) groups excluding carboxylic acids is 1. The molecule has 0 aliphatic rings. The molecule has 8 nitrogen and oxygen atoms in total. The number of aliphatic carboxylic acids is 1. The first-order valence-electron chi connectivity index (χ1n) is 11.5. The van der Waals surface area contributed by atoms with Crippen molar-refractivity contribution in [2.24, 2.45) is 0 Å². The average Bonchev–Trinajstić information content (AvgIpc) is 2.64. The number of unbranched alkanes of at least 4 members (excludes halogenated alkanes) is 14. The smallest absolute Gasteiger partial charge is 0.340 e. The van der Waals surface area contributed by atoms with Crippen molar-refractivity contribution < 1.29 is 63.1 Å². The molecule has 0 spiro atoms. The quantitative estimate of drug-likeness (QED) is 0.106. The molecule has 0 amide bonds. The third-order valence-corrected chi connectivity index (χ3v) is 5.04. The number of hydrogen-bond donors (Lipinski definition) is 1. The molecule has 0 bridgehead atoms. The van der Waals surface area contributed by atoms with Crippen LogP contribution in [0, 0.1) is 0 Å². The third-order valence-electron chi connectivity index (χ3n) is 5.04. The Kier molecular flexibility index (Phi) is 46.6. The van der Waals surface area contributed by atoms with Gasteiger partial charge in [0, 0.05) is 28.1 Å². The molecule has 0 saturated carbocycles. The van der Waals surface area contributed by atoms with Crippen LogP contribution in [0.2, 0.25) is 0 Å². The first kappa shape index (κ1) is 45.8. The van der Waals surface area contributed by atoms with E-state index in [-0.39, 0.29) is 62.4 Å². The molecule has 33 heavy (non-hydrogen) atoms. The minimum Gasteiger partial charge on any atom is -0.479 e. The zero-order valence-corrected chi connectivity index (χ0v) is 22.5. The van der Waals surface area contributed by atoms with Gasteiger partial charge in [0.2, 0.25) is 6.10 Å². The van der Waals surface area contributed by atoms with E-state index in [0.717, 1.165) is 19.3 Å². The Morgan fingerprint density at radius 1 is 0.727 bits per heavy atom. The number of carbonyl (C=O) groups is 2. The zero-order valence-electron chi connectivity index (χ0n) is 21.0. The Hall–Kier alpha value is -0.606. The summed E-state index contributed by atoms with van der Waals surface area (Å²) < 4.78 is 5.15. The topological polar surface area (TPSA) is 190 Å².